The highest BCUT2D eigenvalue weighted by Crippen LogP contribution is 2.44. The lowest BCUT2D eigenvalue weighted by Gasteiger charge is -2.32. The molecular weight excluding hydrogens is 452 g/mol. The van der Waals surface area contributed by atoms with Gasteiger partial charge in [-0.1, -0.05) is 6.92 Å². The Hall–Kier alpha value is -2.30. The number of nitrogens with zero attached hydrogens (tertiary/aromatic N) is 1. The second-order valence-corrected chi connectivity index (χ2v) is 9.11. The number of carbonyl (C=O) groups is 2. The molecule has 184 valence electrons. The van der Waals surface area contributed by atoms with Gasteiger partial charge in [-0.25, -0.2) is 0 Å². The molecule has 3 rings (SSSR count). The molecule has 11 heteroatoms. The molecule has 33 heavy (non-hydrogen) atoms. The summed E-state index contributed by atoms with van der Waals surface area (Å²) in [5.41, 5.74) is -3.92. The van der Waals surface area contributed by atoms with Crippen LogP contribution >= 0.6 is 0 Å². The van der Waals surface area contributed by atoms with Crippen molar-refractivity contribution in [1.82, 2.24) is 15.5 Å². The summed E-state index contributed by atoms with van der Waals surface area (Å²) in [6.45, 7) is 4.81. The number of piperidine rings is 1. The fraction of sp³-hybridized carbons (Fsp3) is 0.636. The summed E-state index contributed by atoms with van der Waals surface area (Å²) in [4.78, 5) is 26.4. The van der Waals surface area contributed by atoms with E-state index in [-0.39, 0.29) is 29.9 Å². The Morgan fingerprint density at radius 2 is 1.52 bits per heavy atom. The zero-order valence-corrected chi connectivity index (χ0v) is 18.2. The zero-order valence-electron chi connectivity index (χ0n) is 18.2. The normalized spacial score (nSPS) is 19.2. The molecule has 1 aromatic carbocycles. The molecule has 1 saturated carbocycles. The SMILES string of the molecule is CC1(C(=O)NCCN2CCC(CNC(=O)c3cc(C(F)(F)F)cc(C(F)(F)F)c3)CC2)CC1. The topological polar surface area (TPSA) is 61.4 Å². The first-order valence-electron chi connectivity index (χ1n) is 10.9. The van der Waals surface area contributed by atoms with Crippen molar-refractivity contribution in [2.24, 2.45) is 11.3 Å². The van der Waals surface area contributed by atoms with Gasteiger partial charge in [0.25, 0.3) is 5.91 Å². The maximum atomic E-state index is 13.0. The van der Waals surface area contributed by atoms with Crippen molar-refractivity contribution in [2.45, 2.75) is 45.0 Å². The molecule has 1 aliphatic heterocycles. The Bertz CT molecular complexity index is 840. The Morgan fingerprint density at radius 1 is 0.970 bits per heavy atom. The average Bonchev–Trinajstić information content (AvgIpc) is 3.50. The summed E-state index contributed by atoms with van der Waals surface area (Å²) in [5, 5.41) is 5.41. The van der Waals surface area contributed by atoms with Crippen LogP contribution in [-0.2, 0) is 17.1 Å². The largest absolute Gasteiger partial charge is 0.416 e. The van der Waals surface area contributed by atoms with Crippen LogP contribution in [0.3, 0.4) is 0 Å². The molecule has 2 fully saturated rings. The Balaban J connectivity index is 1.47. The van der Waals surface area contributed by atoms with Gasteiger partial charge in [0, 0.05) is 30.6 Å². The lowest BCUT2D eigenvalue weighted by atomic mass is 9.96. The summed E-state index contributed by atoms with van der Waals surface area (Å²) in [5.74, 6) is -0.827. The van der Waals surface area contributed by atoms with Crippen LogP contribution in [-0.4, -0.2) is 49.4 Å². The van der Waals surface area contributed by atoms with E-state index in [1.165, 1.54) is 0 Å². The number of benzene rings is 1. The van der Waals surface area contributed by atoms with E-state index in [2.05, 4.69) is 15.5 Å². The molecule has 2 amide bonds. The predicted molar refractivity (Wildman–Crippen MR) is 108 cm³/mol. The van der Waals surface area contributed by atoms with E-state index in [1.54, 1.807) is 0 Å². The van der Waals surface area contributed by atoms with Gasteiger partial charge in [-0.2, -0.15) is 26.3 Å². The average molecular weight is 479 g/mol. The Kier molecular flexibility index (Phi) is 7.30. The van der Waals surface area contributed by atoms with Crippen LogP contribution in [0.4, 0.5) is 26.3 Å². The highest BCUT2D eigenvalue weighted by Gasteiger charge is 2.44. The number of halogens is 6. The smallest absolute Gasteiger partial charge is 0.354 e. The van der Waals surface area contributed by atoms with Crippen molar-refractivity contribution in [3.05, 3.63) is 34.9 Å². The molecular formula is C22H27F6N3O2. The molecule has 2 N–H and O–H groups in total. The lowest BCUT2D eigenvalue weighted by Crippen LogP contribution is -2.42. The monoisotopic (exact) mass is 479 g/mol. The van der Waals surface area contributed by atoms with E-state index >= 15 is 0 Å². The fourth-order valence-electron chi connectivity index (χ4n) is 3.79. The second kappa shape index (κ2) is 9.52. The Morgan fingerprint density at radius 3 is 2.00 bits per heavy atom. The Labute approximate surface area is 187 Å². The standard InChI is InChI=1S/C22H27F6N3O2/c1-20(4-5-20)19(33)29-6-9-31-7-2-14(3-8-31)13-30-18(32)15-10-16(21(23,24)25)12-17(11-15)22(26,27)28/h10-12,14H,2-9,13H2,1H3,(H,29,33)(H,30,32). The van der Waals surface area contributed by atoms with Gasteiger partial charge in [0.15, 0.2) is 0 Å². The number of hydrogen-bond acceptors (Lipinski definition) is 3. The molecule has 0 bridgehead atoms. The van der Waals surface area contributed by atoms with E-state index in [0.29, 0.717) is 25.2 Å². The molecule has 0 radical (unpaired) electrons. The quantitative estimate of drug-likeness (QED) is 0.580. The van der Waals surface area contributed by atoms with E-state index < -0.39 is 35.0 Å². The number of likely N-dealkylation sites (tertiary alicyclic amines) is 1. The molecule has 1 aliphatic carbocycles. The van der Waals surface area contributed by atoms with Crippen LogP contribution in [0, 0.1) is 11.3 Å². The minimum atomic E-state index is -5.00. The predicted octanol–water partition coefficient (Wildman–Crippen LogP) is 4.08. The molecule has 0 spiro atoms. The van der Waals surface area contributed by atoms with E-state index in [4.69, 9.17) is 0 Å². The first-order valence-corrected chi connectivity index (χ1v) is 10.9. The molecule has 1 saturated heterocycles. The highest BCUT2D eigenvalue weighted by molar-refractivity contribution is 5.94. The molecule has 0 atom stereocenters. The van der Waals surface area contributed by atoms with Gasteiger partial charge in [0.05, 0.1) is 11.1 Å². The van der Waals surface area contributed by atoms with Crippen LogP contribution in [0.15, 0.2) is 18.2 Å². The number of amides is 2. The van der Waals surface area contributed by atoms with Gasteiger partial charge in [-0.3, -0.25) is 9.59 Å². The van der Waals surface area contributed by atoms with Crippen LogP contribution in [0.25, 0.3) is 0 Å². The van der Waals surface area contributed by atoms with Crippen LogP contribution < -0.4 is 10.6 Å². The van der Waals surface area contributed by atoms with Crippen molar-refractivity contribution in [3.8, 4) is 0 Å². The van der Waals surface area contributed by atoms with Crippen molar-refractivity contribution < 1.29 is 35.9 Å². The number of rotatable bonds is 7. The molecule has 2 aliphatic rings. The fourth-order valence-corrected chi connectivity index (χ4v) is 3.79. The van der Waals surface area contributed by atoms with E-state index in [9.17, 15) is 35.9 Å². The third-order valence-corrected chi connectivity index (χ3v) is 6.37. The van der Waals surface area contributed by atoms with Crippen molar-refractivity contribution >= 4 is 11.8 Å². The molecule has 1 heterocycles. The van der Waals surface area contributed by atoms with Crippen molar-refractivity contribution in [2.75, 3.05) is 32.7 Å². The third kappa shape index (κ3) is 6.84. The van der Waals surface area contributed by atoms with E-state index in [1.807, 2.05) is 6.92 Å². The first kappa shape index (κ1) is 25.3. The molecule has 5 nitrogen and oxygen atoms in total. The van der Waals surface area contributed by atoms with E-state index in [0.717, 1.165) is 38.8 Å². The van der Waals surface area contributed by atoms with Crippen LogP contribution in [0.2, 0.25) is 0 Å². The van der Waals surface area contributed by atoms with Gasteiger partial charge in [-0.15, -0.1) is 0 Å². The number of alkyl halides is 6. The highest BCUT2D eigenvalue weighted by atomic mass is 19.4. The number of carbonyl (C=O) groups excluding carboxylic acids is 2. The molecule has 1 aromatic rings. The second-order valence-electron chi connectivity index (χ2n) is 9.11. The lowest BCUT2D eigenvalue weighted by molar-refractivity contribution is -0.143. The first-order chi connectivity index (χ1) is 15.3. The summed E-state index contributed by atoms with van der Waals surface area (Å²) in [6.07, 6.45) is -6.73. The van der Waals surface area contributed by atoms with Crippen LogP contribution in [0.5, 0.6) is 0 Å². The zero-order chi connectivity index (χ0) is 24.4. The van der Waals surface area contributed by atoms with Crippen LogP contribution in [0.1, 0.15) is 54.1 Å². The third-order valence-electron chi connectivity index (χ3n) is 6.37. The van der Waals surface area contributed by atoms with Gasteiger partial charge in [-0.05, 0) is 62.9 Å². The molecule has 0 unspecified atom stereocenters. The summed E-state index contributed by atoms with van der Waals surface area (Å²) in [7, 11) is 0. The maximum absolute atomic E-state index is 13.0. The number of nitrogens with one attached hydrogen (secondary N) is 2. The summed E-state index contributed by atoms with van der Waals surface area (Å²) in [6, 6.07) is 0.868. The molecule has 0 aromatic heterocycles. The maximum Gasteiger partial charge on any atom is 0.416 e. The van der Waals surface area contributed by atoms with Gasteiger partial charge >= 0.3 is 12.4 Å². The van der Waals surface area contributed by atoms with Crippen molar-refractivity contribution in [3.63, 3.8) is 0 Å². The minimum absolute atomic E-state index is 0.0000914. The minimum Gasteiger partial charge on any atom is -0.354 e. The number of hydrogen-bond donors (Lipinski definition) is 2. The van der Waals surface area contributed by atoms with Gasteiger partial charge < -0.3 is 15.5 Å². The van der Waals surface area contributed by atoms with Gasteiger partial charge in [0.1, 0.15) is 0 Å². The summed E-state index contributed by atoms with van der Waals surface area (Å²) < 4.78 is 77.9. The van der Waals surface area contributed by atoms with Crippen molar-refractivity contribution in [1.29, 1.82) is 0 Å². The van der Waals surface area contributed by atoms with Gasteiger partial charge in [0.2, 0.25) is 5.91 Å². The summed E-state index contributed by atoms with van der Waals surface area (Å²) >= 11 is 0.